The number of benzene rings is 1. The van der Waals surface area contributed by atoms with E-state index in [9.17, 15) is 0 Å². The summed E-state index contributed by atoms with van der Waals surface area (Å²) in [5.41, 5.74) is 7.40. The lowest BCUT2D eigenvalue weighted by Crippen LogP contribution is -2.29. The second kappa shape index (κ2) is 5.20. The first-order chi connectivity index (χ1) is 8.24. The Morgan fingerprint density at radius 1 is 1.29 bits per heavy atom. The monoisotopic (exact) mass is 232 g/mol. The molecule has 0 amide bonds. The van der Waals surface area contributed by atoms with Crippen LogP contribution in [0.5, 0.6) is 0 Å². The summed E-state index contributed by atoms with van der Waals surface area (Å²) < 4.78 is 0. The van der Waals surface area contributed by atoms with Gasteiger partial charge in [0.25, 0.3) is 0 Å². The molecule has 0 radical (unpaired) electrons. The maximum absolute atomic E-state index is 7.64. The molecule has 0 saturated carbocycles. The second-order valence-corrected chi connectivity index (χ2v) is 3.76. The SMILES string of the molecule is N=C(N=C1NCCN1)NCc1ccc(N)cc1. The van der Waals surface area contributed by atoms with Crippen molar-refractivity contribution in [1.29, 1.82) is 5.41 Å². The molecule has 1 aromatic rings. The molecule has 1 aliphatic heterocycles. The number of nitrogens with zero attached hydrogens (tertiary/aromatic N) is 1. The topological polar surface area (TPSA) is 98.3 Å². The van der Waals surface area contributed by atoms with Gasteiger partial charge >= 0.3 is 0 Å². The third kappa shape index (κ3) is 3.37. The molecule has 6 heteroatoms. The maximum Gasteiger partial charge on any atom is 0.218 e. The highest BCUT2D eigenvalue weighted by Crippen LogP contribution is 2.04. The van der Waals surface area contributed by atoms with Crippen LogP contribution in [0.2, 0.25) is 0 Å². The lowest BCUT2D eigenvalue weighted by atomic mass is 10.2. The number of nitrogens with two attached hydrogens (primary N) is 1. The van der Waals surface area contributed by atoms with Crippen LogP contribution in [0.25, 0.3) is 0 Å². The largest absolute Gasteiger partial charge is 0.399 e. The van der Waals surface area contributed by atoms with Crippen LogP contribution in [-0.4, -0.2) is 25.0 Å². The highest BCUT2D eigenvalue weighted by atomic mass is 15.3. The highest BCUT2D eigenvalue weighted by Gasteiger charge is 2.05. The first-order valence-electron chi connectivity index (χ1n) is 5.47. The van der Waals surface area contributed by atoms with Gasteiger partial charge in [0, 0.05) is 25.3 Å². The van der Waals surface area contributed by atoms with Crippen LogP contribution in [0.1, 0.15) is 5.56 Å². The van der Waals surface area contributed by atoms with E-state index in [0.29, 0.717) is 12.5 Å². The number of hydrogen-bond donors (Lipinski definition) is 5. The van der Waals surface area contributed by atoms with Crippen LogP contribution in [0.4, 0.5) is 5.69 Å². The van der Waals surface area contributed by atoms with E-state index in [1.54, 1.807) is 0 Å². The van der Waals surface area contributed by atoms with Crippen molar-refractivity contribution in [2.45, 2.75) is 6.54 Å². The number of nitrogens with one attached hydrogen (secondary N) is 4. The summed E-state index contributed by atoms with van der Waals surface area (Å²) in [5.74, 6) is 0.790. The molecular weight excluding hydrogens is 216 g/mol. The van der Waals surface area contributed by atoms with E-state index in [-0.39, 0.29) is 5.96 Å². The molecule has 17 heavy (non-hydrogen) atoms. The Hall–Kier alpha value is -2.24. The molecule has 0 bridgehead atoms. The predicted octanol–water partition coefficient (Wildman–Crippen LogP) is -0.158. The first-order valence-corrected chi connectivity index (χ1v) is 5.47. The lowest BCUT2D eigenvalue weighted by Gasteiger charge is -2.05. The molecule has 6 N–H and O–H groups in total. The molecule has 1 aliphatic rings. The summed E-state index contributed by atoms with van der Waals surface area (Å²) in [6.45, 7) is 2.27. The van der Waals surface area contributed by atoms with Gasteiger partial charge in [-0.15, -0.1) is 0 Å². The average Bonchev–Trinajstić information content (AvgIpc) is 2.81. The van der Waals surface area contributed by atoms with Crippen LogP contribution in [0.3, 0.4) is 0 Å². The molecule has 0 aliphatic carbocycles. The van der Waals surface area contributed by atoms with Gasteiger partial charge in [-0.2, -0.15) is 4.99 Å². The van der Waals surface area contributed by atoms with Crippen molar-refractivity contribution in [3.63, 3.8) is 0 Å². The molecule has 0 spiro atoms. The molecule has 1 heterocycles. The minimum Gasteiger partial charge on any atom is -0.399 e. The van der Waals surface area contributed by atoms with Gasteiger partial charge in [-0.1, -0.05) is 12.1 Å². The highest BCUT2D eigenvalue weighted by molar-refractivity contribution is 5.94. The van der Waals surface area contributed by atoms with Crippen molar-refractivity contribution in [3.8, 4) is 0 Å². The minimum atomic E-state index is 0.138. The Morgan fingerprint density at radius 2 is 1.94 bits per heavy atom. The second-order valence-electron chi connectivity index (χ2n) is 3.76. The zero-order valence-electron chi connectivity index (χ0n) is 9.46. The van der Waals surface area contributed by atoms with E-state index in [2.05, 4.69) is 20.9 Å². The number of hydrogen-bond acceptors (Lipinski definition) is 2. The fourth-order valence-electron chi connectivity index (χ4n) is 1.48. The van der Waals surface area contributed by atoms with E-state index in [4.69, 9.17) is 11.1 Å². The molecule has 0 aromatic heterocycles. The van der Waals surface area contributed by atoms with E-state index >= 15 is 0 Å². The minimum absolute atomic E-state index is 0.138. The van der Waals surface area contributed by atoms with Crippen molar-refractivity contribution in [1.82, 2.24) is 16.0 Å². The van der Waals surface area contributed by atoms with Crippen molar-refractivity contribution < 1.29 is 0 Å². The molecule has 0 atom stereocenters. The van der Waals surface area contributed by atoms with E-state index < -0.39 is 0 Å². The Labute approximate surface area is 99.8 Å². The predicted molar refractivity (Wildman–Crippen MR) is 68.9 cm³/mol. The van der Waals surface area contributed by atoms with Crippen LogP contribution in [-0.2, 0) is 6.54 Å². The van der Waals surface area contributed by atoms with Crippen LogP contribution >= 0.6 is 0 Å². The number of aliphatic imine (C=N–C) groups is 1. The summed E-state index contributed by atoms with van der Waals surface area (Å²) in [6.07, 6.45) is 0. The van der Waals surface area contributed by atoms with Crippen molar-refractivity contribution in [2.24, 2.45) is 4.99 Å². The zero-order chi connectivity index (χ0) is 12.1. The summed E-state index contributed by atoms with van der Waals surface area (Å²) in [6, 6.07) is 7.53. The molecule has 2 rings (SSSR count). The number of rotatable bonds is 2. The maximum atomic E-state index is 7.64. The molecule has 90 valence electrons. The molecule has 0 unspecified atom stereocenters. The third-order valence-electron chi connectivity index (χ3n) is 2.37. The summed E-state index contributed by atoms with van der Waals surface area (Å²) in [5, 5.41) is 16.6. The molecular formula is C11H16N6. The molecule has 1 aromatic carbocycles. The van der Waals surface area contributed by atoms with Gasteiger partial charge in [0.2, 0.25) is 5.96 Å². The van der Waals surface area contributed by atoms with E-state index in [0.717, 1.165) is 24.3 Å². The van der Waals surface area contributed by atoms with Gasteiger partial charge in [-0.05, 0) is 17.7 Å². The molecule has 1 saturated heterocycles. The average molecular weight is 232 g/mol. The normalized spacial score (nSPS) is 13.8. The van der Waals surface area contributed by atoms with Gasteiger partial charge in [0.05, 0.1) is 0 Å². The summed E-state index contributed by atoms with van der Waals surface area (Å²) >= 11 is 0. The van der Waals surface area contributed by atoms with Crippen molar-refractivity contribution in [2.75, 3.05) is 18.8 Å². The van der Waals surface area contributed by atoms with Gasteiger partial charge in [0.1, 0.15) is 0 Å². The summed E-state index contributed by atoms with van der Waals surface area (Å²) in [7, 11) is 0. The van der Waals surface area contributed by atoms with E-state index in [1.807, 2.05) is 24.3 Å². The van der Waals surface area contributed by atoms with Crippen LogP contribution in [0, 0.1) is 5.41 Å². The fraction of sp³-hybridized carbons (Fsp3) is 0.273. The van der Waals surface area contributed by atoms with Gasteiger partial charge in [-0.25, -0.2) is 0 Å². The lowest BCUT2D eigenvalue weighted by molar-refractivity contribution is 0.894. The van der Waals surface area contributed by atoms with Gasteiger partial charge < -0.3 is 21.7 Å². The van der Waals surface area contributed by atoms with Crippen molar-refractivity contribution in [3.05, 3.63) is 29.8 Å². The molecule has 1 fully saturated rings. The number of guanidine groups is 2. The standard InChI is InChI=1S/C11H16N6/c12-9-3-1-8(2-4-9)7-16-10(13)17-11-14-5-6-15-11/h1-4H,5-7,12H2,(H4,13,14,15,16,17). The first kappa shape index (κ1) is 11.3. The fourth-order valence-corrected chi connectivity index (χ4v) is 1.48. The van der Waals surface area contributed by atoms with Crippen LogP contribution in [0.15, 0.2) is 29.3 Å². The number of nitrogen functional groups attached to an aromatic ring is 1. The Bertz CT molecular complexity index is 414. The Morgan fingerprint density at radius 3 is 2.59 bits per heavy atom. The van der Waals surface area contributed by atoms with Crippen LogP contribution < -0.4 is 21.7 Å². The van der Waals surface area contributed by atoms with Gasteiger partial charge in [0.15, 0.2) is 5.96 Å². The van der Waals surface area contributed by atoms with Gasteiger partial charge in [-0.3, -0.25) is 5.41 Å². The third-order valence-corrected chi connectivity index (χ3v) is 2.37. The number of anilines is 1. The Balaban J connectivity index is 1.83. The molecule has 6 nitrogen and oxygen atoms in total. The Kier molecular flexibility index (Phi) is 3.44. The quantitative estimate of drug-likeness (QED) is 0.278. The smallest absolute Gasteiger partial charge is 0.218 e. The zero-order valence-corrected chi connectivity index (χ0v) is 9.46. The van der Waals surface area contributed by atoms with E-state index in [1.165, 1.54) is 0 Å². The summed E-state index contributed by atoms with van der Waals surface area (Å²) in [4.78, 5) is 4.05. The van der Waals surface area contributed by atoms with Crippen molar-refractivity contribution >= 4 is 17.6 Å².